The van der Waals surface area contributed by atoms with E-state index in [0.29, 0.717) is 6.42 Å². The van der Waals surface area contributed by atoms with Gasteiger partial charge in [-0.05, 0) is 24.8 Å². The SMILES string of the molecule is COC(C)(CNC(=O)[C@H](CC(C)C)NC(=O)OCc1ccccc1)OC. The van der Waals surface area contributed by atoms with Crippen LogP contribution in [0.3, 0.4) is 0 Å². The number of methoxy groups -OCH3 is 2. The van der Waals surface area contributed by atoms with Crippen LogP contribution in [0.4, 0.5) is 4.79 Å². The van der Waals surface area contributed by atoms with Gasteiger partial charge in [-0.2, -0.15) is 0 Å². The fourth-order valence-electron chi connectivity index (χ4n) is 2.21. The van der Waals surface area contributed by atoms with Gasteiger partial charge in [0.1, 0.15) is 12.6 Å². The summed E-state index contributed by atoms with van der Waals surface area (Å²) < 4.78 is 15.6. The highest BCUT2D eigenvalue weighted by Crippen LogP contribution is 2.10. The van der Waals surface area contributed by atoms with E-state index < -0.39 is 17.9 Å². The summed E-state index contributed by atoms with van der Waals surface area (Å²) in [5, 5.41) is 5.39. The molecule has 0 aliphatic heterocycles. The minimum atomic E-state index is -0.925. The Labute approximate surface area is 155 Å². The molecule has 0 aliphatic rings. The Morgan fingerprint density at radius 1 is 1.12 bits per heavy atom. The minimum Gasteiger partial charge on any atom is -0.445 e. The number of amides is 2. The van der Waals surface area contributed by atoms with E-state index in [-0.39, 0.29) is 25.0 Å². The Morgan fingerprint density at radius 2 is 1.73 bits per heavy atom. The van der Waals surface area contributed by atoms with E-state index >= 15 is 0 Å². The molecule has 0 heterocycles. The molecule has 146 valence electrons. The number of ether oxygens (including phenoxy) is 3. The molecule has 0 aliphatic carbocycles. The van der Waals surface area contributed by atoms with Crippen LogP contribution in [0.15, 0.2) is 30.3 Å². The van der Waals surface area contributed by atoms with Crippen LogP contribution in [-0.2, 0) is 25.6 Å². The number of hydrogen-bond donors (Lipinski definition) is 2. The number of hydrogen-bond acceptors (Lipinski definition) is 5. The van der Waals surface area contributed by atoms with E-state index in [4.69, 9.17) is 14.2 Å². The van der Waals surface area contributed by atoms with Crippen LogP contribution in [0.5, 0.6) is 0 Å². The molecule has 1 atom stereocenters. The topological polar surface area (TPSA) is 85.9 Å². The number of alkyl carbamates (subject to hydrolysis) is 1. The average molecular weight is 366 g/mol. The molecule has 2 N–H and O–H groups in total. The van der Waals surface area contributed by atoms with Crippen LogP contribution in [0, 0.1) is 5.92 Å². The van der Waals surface area contributed by atoms with Crippen molar-refractivity contribution in [3.8, 4) is 0 Å². The van der Waals surface area contributed by atoms with E-state index in [9.17, 15) is 9.59 Å². The van der Waals surface area contributed by atoms with Crippen LogP contribution in [0.2, 0.25) is 0 Å². The third-order valence-electron chi connectivity index (χ3n) is 3.98. The first-order valence-electron chi connectivity index (χ1n) is 8.65. The molecule has 1 aromatic carbocycles. The van der Waals surface area contributed by atoms with Gasteiger partial charge in [0.2, 0.25) is 5.91 Å². The van der Waals surface area contributed by atoms with Gasteiger partial charge < -0.3 is 24.8 Å². The van der Waals surface area contributed by atoms with Crippen LogP contribution in [0.25, 0.3) is 0 Å². The fourth-order valence-corrected chi connectivity index (χ4v) is 2.21. The second kappa shape index (κ2) is 10.8. The summed E-state index contributed by atoms with van der Waals surface area (Å²) in [6, 6.07) is 8.66. The third-order valence-corrected chi connectivity index (χ3v) is 3.98. The Hall–Kier alpha value is -2.12. The molecule has 2 amide bonds. The van der Waals surface area contributed by atoms with Gasteiger partial charge >= 0.3 is 6.09 Å². The summed E-state index contributed by atoms with van der Waals surface area (Å²) in [4.78, 5) is 24.5. The van der Waals surface area contributed by atoms with Gasteiger partial charge in [-0.15, -0.1) is 0 Å². The van der Waals surface area contributed by atoms with Gasteiger partial charge in [0.25, 0.3) is 0 Å². The van der Waals surface area contributed by atoms with Crippen LogP contribution in [-0.4, -0.2) is 44.6 Å². The first kappa shape index (κ1) is 21.9. The van der Waals surface area contributed by atoms with Crippen LogP contribution >= 0.6 is 0 Å². The molecule has 26 heavy (non-hydrogen) atoms. The van der Waals surface area contributed by atoms with Crippen molar-refractivity contribution in [1.82, 2.24) is 10.6 Å². The van der Waals surface area contributed by atoms with Gasteiger partial charge in [-0.1, -0.05) is 44.2 Å². The normalized spacial score (nSPS) is 12.5. The van der Waals surface area contributed by atoms with Crippen LogP contribution < -0.4 is 10.6 Å². The molecule has 0 saturated heterocycles. The number of carbonyl (C=O) groups is 2. The van der Waals surface area contributed by atoms with Gasteiger partial charge in [0.15, 0.2) is 5.79 Å². The maximum absolute atomic E-state index is 12.5. The van der Waals surface area contributed by atoms with Gasteiger partial charge in [0, 0.05) is 14.2 Å². The molecule has 1 aromatic rings. The van der Waals surface area contributed by atoms with E-state index in [1.165, 1.54) is 14.2 Å². The lowest BCUT2D eigenvalue weighted by Crippen LogP contribution is -2.51. The molecule has 0 bridgehead atoms. The molecule has 0 unspecified atom stereocenters. The first-order chi connectivity index (χ1) is 12.3. The predicted molar refractivity (Wildman–Crippen MR) is 98.4 cm³/mol. The lowest BCUT2D eigenvalue weighted by Gasteiger charge is -2.28. The van der Waals surface area contributed by atoms with Crippen molar-refractivity contribution in [2.24, 2.45) is 5.92 Å². The third kappa shape index (κ3) is 7.84. The molecular formula is C19H30N2O5. The lowest BCUT2D eigenvalue weighted by atomic mass is 10.0. The van der Waals surface area contributed by atoms with Gasteiger partial charge in [-0.3, -0.25) is 4.79 Å². The Morgan fingerprint density at radius 3 is 2.27 bits per heavy atom. The number of carbonyl (C=O) groups excluding carboxylic acids is 2. The highest BCUT2D eigenvalue weighted by atomic mass is 16.7. The second-order valence-electron chi connectivity index (χ2n) is 6.65. The summed E-state index contributed by atoms with van der Waals surface area (Å²) in [5.41, 5.74) is 0.878. The van der Waals surface area contributed by atoms with Crippen molar-refractivity contribution in [1.29, 1.82) is 0 Å². The molecule has 0 aromatic heterocycles. The zero-order chi connectivity index (χ0) is 19.6. The number of rotatable bonds is 10. The van der Waals surface area contributed by atoms with Gasteiger partial charge in [0.05, 0.1) is 6.54 Å². The van der Waals surface area contributed by atoms with E-state index in [0.717, 1.165) is 5.56 Å². The van der Waals surface area contributed by atoms with Gasteiger partial charge in [-0.25, -0.2) is 4.79 Å². The van der Waals surface area contributed by atoms with Crippen molar-refractivity contribution in [3.05, 3.63) is 35.9 Å². The maximum Gasteiger partial charge on any atom is 0.408 e. The summed E-state index contributed by atoms with van der Waals surface area (Å²) in [5.74, 6) is -1.02. The molecule has 7 nitrogen and oxygen atoms in total. The maximum atomic E-state index is 12.5. The van der Waals surface area contributed by atoms with Crippen molar-refractivity contribution >= 4 is 12.0 Å². The molecule has 0 spiro atoms. The van der Waals surface area contributed by atoms with E-state index in [1.54, 1.807) is 6.92 Å². The highest BCUT2D eigenvalue weighted by Gasteiger charge is 2.27. The largest absolute Gasteiger partial charge is 0.445 e. The summed E-state index contributed by atoms with van der Waals surface area (Å²) in [6.45, 7) is 5.98. The van der Waals surface area contributed by atoms with Crippen LogP contribution in [0.1, 0.15) is 32.8 Å². The van der Waals surface area contributed by atoms with Crippen molar-refractivity contribution < 1.29 is 23.8 Å². The lowest BCUT2D eigenvalue weighted by molar-refractivity contribution is -0.190. The zero-order valence-electron chi connectivity index (χ0n) is 16.2. The minimum absolute atomic E-state index is 0.147. The number of nitrogens with one attached hydrogen (secondary N) is 2. The predicted octanol–water partition coefficient (Wildman–Crippen LogP) is 2.45. The Bertz CT molecular complexity index is 558. The summed E-state index contributed by atoms with van der Waals surface area (Å²) in [6.07, 6.45) is -0.140. The standard InChI is InChI=1S/C19H30N2O5/c1-14(2)11-16(17(22)20-13-19(3,24-4)25-5)21-18(23)26-12-15-9-7-6-8-10-15/h6-10,14,16H,11-13H2,1-5H3,(H,20,22)(H,21,23)/t16-/m0/s1. The quantitative estimate of drug-likeness (QED) is 0.621. The van der Waals surface area contributed by atoms with Crippen molar-refractivity contribution in [3.63, 3.8) is 0 Å². The smallest absolute Gasteiger partial charge is 0.408 e. The monoisotopic (exact) mass is 366 g/mol. The Kier molecular flexibility index (Phi) is 9.09. The average Bonchev–Trinajstić information content (AvgIpc) is 2.64. The molecule has 0 fully saturated rings. The molecule has 0 radical (unpaired) electrons. The molecule has 1 rings (SSSR count). The van der Waals surface area contributed by atoms with E-state index in [2.05, 4.69) is 10.6 Å². The highest BCUT2D eigenvalue weighted by molar-refractivity contribution is 5.85. The first-order valence-corrected chi connectivity index (χ1v) is 8.65. The summed E-state index contributed by atoms with van der Waals surface area (Å²) in [7, 11) is 3.00. The number of benzene rings is 1. The van der Waals surface area contributed by atoms with E-state index in [1.807, 2.05) is 44.2 Å². The second-order valence-corrected chi connectivity index (χ2v) is 6.65. The zero-order valence-corrected chi connectivity index (χ0v) is 16.2. The molecule has 7 heteroatoms. The van der Waals surface area contributed by atoms with Crippen molar-refractivity contribution in [2.45, 2.75) is 45.6 Å². The summed E-state index contributed by atoms with van der Waals surface area (Å²) >= 11 is 0. The molecular weight excluding hydrogens is 336 g/mol. The fraction of sp³-hybridized carbons (Fsp3) is 0.579. The Balaban J connectivity index is 2.58. The molecule has 0 saturated carbocycles. The van der Waals surface area contributed by atoms with Crippen molar-refractivity contribution in [2.75, 3.05) is 20.8 Å².